The summed E-state index contributed by atoms with van der Waals surface area (Å²) in [4.78, 5) is 12.5. The minimum Gasteiger partial charge on any atom is -0.458 e. The SMILES string of the molecule is CC(O)(C(=O)OCc1ccccc1)c1ccc(-c2ccccc2)cc1S(C)(=O)=O. The number of hydrogen-bond donors (Lipinski definition) is 1. The quantitative estimate of drug-likeness (QED) is 0.627. The maximum Gasteiger partial charge on any atom is 0.342 e. The molecule has 0 radical (unpaired) electrons. The van der Waals surface area contributed by atoms with Gasteiger partial charge in [-0.05, 0) is 29.7 Å². The summed E-state index contributed by atoms with van der Waals surface area (Å²) in [5, 5.41) is 10.9. The number of carbonyl (C=O) groups is 1. The molecule has 1 unspecified atom stereocenters. The lowest BCUT2D eigenvalue weighted by Gasteiger charge is -2.24. The normalized spacial score (nSPS) is 13.5. The number of benzene rings is 3. The molecule has 3 aromatic carbocycles. The van der Waals surface area contributed by atoms with Crippen LogP contribution in [0.2, 0.25) is 0 Å². The average Bonchev–Trinajstić information content (AvgIpc) is 2.72. The number of ether oxygens (including phenoxy) is 1. The molecule has 0 fully saturated rings. The summed E-state index contributed by atoms with van der Waals surface area (Å²) in [7, 11) is -3.72. The standard InChI is InChI=1S/C23H22O5S/c1-23(25,22(24)28-16-17-9-5-3-6-10-17)20-14-13-19(15-21(20)29(2,26)27)18-11-7-4-8-12-18/h3-15,25H,16H2,1-2H3. The number of esters is 1. The molecule has 0 amide bonds. The molecule has 29 heavy (non-hydrogen) atoms. The second-order valence-electron chi connectivity index (χ2n) is 6.98. The first-order valence-electron chi connectivity index (χ1n) is 9.03. The van der Waals surface area contributed by atoms with Crippen LogP contribution in [0.25, 0.3) is 11.1 Å². The Hall–Kier alpha value is -2.96. The highest BCUT2D eigenvalue weighted by Gasteiger charge is 2.38. The minimum absolute atomic E-state index is 0.0160. The second-order valence-corrected chi connectivity index (χ2v) is 8.97. The highest BCUT2D eigenvalue weighted by Crippen LogP contribution is 2.33. The van der Waals surface area contributed by atoms with Gasteiger partial charge in [0.15, 0.2) is 15.4 Å². The monoisotopic (exact) mass is 410 g/mol. The van der Waals surface area contributed by atoms with Gasteiger partial charge in [0, 0.05) is 11.8 Å². The van der Waals surface area contributed by atoms with Crippen molar-refractivity contribution < 1.29 is 23.1 Å². The number of carbonyl (C=O) groups excluding carboxylic acids is 1. The van der Waals surface area contributed by atoms with Crippen LogP contribution >= 0.6 is 0 Å². The predicted molar refractivity (Wildman–Crippen MR) is 111 cm³/mol. The van der Waals surface area contributed by atoms with Crippen molar-refractivity contribution in [3.8, 4) is 11.1 Å². The van der Waals surface area contributed by atoms with Gasteiger partial charge in [-0.1, -0.05) is 72.8 Å². The molecule has 0 heterocycles. The van der Waals surface area contributed by atoms with Crippen LogP contribution in [0.3, 0.4) is 0 Å². The van der Waals surface area contributed by atoms with E-state index in [0.29, 0.717) is 5.56 Å². The van der Waals surface area contributed by atoms with Crippen LogP contribution in [0.5, 0.6) is 0 Å². The molecule has 3 aromatic rings. The van der Waals surface area contributed by atoms with Crippen LogP contribution in [0.15, 0.2) is 83.8 Å². The summed E-state index contributed by atoms with van der Waals surface area (Å²) in [6.45, 7) is 1.22. The Morgan fingerprint density at radius 2 is 1.52 bits per heavy atom. The van der Waals surface area contributed by atoms with Gasteiger partial charge in [-0.25, -0.2) is 13.2 Å². The van der Waals surface area contributed by atoms with Crippen LogP contribution in [-0.4, -0.2) is 25.7 Å². The third kappa shape index (κ3) is 4.72. The summed E-state index contributed by atoms with van der Waals surface area (Å²) < 4.78 is 30.1. The van der Waals surface area contributed by atoms with Crippen molar-refractivity contribution in [2.75, 3.05) is 6.26 Å². The van der Waals surface area contributed by atoms with Gasteiger partial charge in [-0.15, -0.1) is 0 Å². The Kier molecular flexibility index (Phi) is 5.86. The van der Waals surface area contributed by atoms with Crippen molar-refractivity contribution in [2.45, 2.75) is 24.0 Å². The molecule has 5 nitrogen and oxygen atoms in total. The smallest absolute Gasteiger partial charge is 0.342 e. The van der Waals surface area contributed by atoms with Gasteiger partial charge in [0.1, 0.15) is 6.61 Å². The Balaban J connectivity index is 1.96. The summed E-state index contributed by atoms with van der Waals surface area (Å²) >= 11 is 0. The van der Waals surface area contributed by atoms with Gasteiger partial charge in [-0.3, -0.25) is 0 Å². The fourth-order valence-electron chi connectivity index (χ4n) is 3.02. The zero-order valence-electron chi connectivity index (χ0n) is 16.2. The van der Waals surface area contributed by atoms with Crippen molar-refractivity contribution in [3.05, 3.63) is 90.0 Å². The molecular weight excluding hydrogens is 388 g/mol. The summed E-state index contributed by atoms with van der Waals surface area (Å²) in [6.07, 6.45) is 1.05. The van der Waals surface area contributed by atoms with Crippen LogP contribution in [0.1, 0.15) is 18.1 Å². The van der Waals surface area contributed by atoms with Gasteiger partial charge in [-0.2, -0.15) is 0 Å². The van der Waals surface area contributed by atoms with Crippen molar-refractivity contribution in [2.24, 2.45) is 0 Å². The maximum absolute atomic E-state index is 12.6. The number of sulfone groups is 1. The van der Waals surface area contributed by atoms with Crippen molar-refractivity contribution in [1.82, 2.24) is 0 Å². The fraction of sp³-hybridized carbons (Fsp3) is 0.174. The summed E-state index contributed by atoms with van der Waals surface area (Å²) in [5.74, 6) is -0.918. The van der Waals surface area contributed by atoms with E-state index in [9.17, 15) is 18.3 Å². The summed E-state index contributed by atoms with van der Waals surface area (Å²) in [6, 6.07) is 22.9. The highest BCUT2D eigenvalue weighted by molar-refractivity contribution is 7.90. The van der Waals surface area contributed by atoms with E-state index in [4.69, 9.17) is 4.74 Å². The van der Waals surface area contributed by atoms with E-state index >= 15 is 0 Å². The number of hydrogen-bond acceptors (Lipinski definition) is 5. The molecule has 0 spiro atoms. The minimum atomic E-state index is -3.72. The zero-order chi connectivity index (χ0) is 21.1. The Morgan fingerprint density at radius 3 is 2.10 bits per heavy atom. The topological polar surface area (TPSA) is 80.7 Å². The van der Waals surface area contributed by atoms with E-state index in [0.717, 1.165) is 17.4 Å². The molecule has 1 atom stereocenters. The van der Waals surface area contributed by atoms with E-state index in [1.807, 2.05) is 48.5 Å². The van der Waals surface area contributed by atoms with E-state index in [1.54, 1.807) is 18.2 Å². The molecule has 0 aliphatic carbocycles. The average molecular weight is 410 g/mol. The van der Waals surface area contributed by atoms with Crippen LogP contribution in [-0.2, 0) is 31.6 Å². The van der Waals surface area contributed by atoms with Crippen molar-refractivity contribution in [1.29, 1.82) is 0 Å². The number of aliphatic hydroxyl groups is 1. The van der Waals surface area contributed by atoms with Crippen molar-refractivity contribution >= 4 is 15.8 Å². The second kappa shape index (κ2) is 8.19. The van der Waals surface area contributed by atoms with Gasteiger partial charge >= 0.3 is 5.97 Å². The van der Waals surface area contributed by atoms with Crippen LogP contribution in [0.4, 0.5) is 0 Å². The van der Waals surface area contributed by atoms with Gasteiger partial charge in [0.2, 0.25) is 0 Å². The highest BCUT2D eigenvalue weighted by atomic mass is 32.2. The molecule has 150 valence electrons. The molecule has 3 rings (SSSR count). The largest absolute Gasteiger partial charge is 0.458 e. The van der Waals surface area contributed by atoms with E-state index in [2.05, 4.69) is 0 Å². The lowest BCUT2D eigenvalue weighted by atomic mass is 9.93. The van der Waals surface area contributed by atoms with E-state index < -0.39 is 21.4 Å². The molecule has 0 aromatic heterocycles. The van der Waals surface area contributed by atoms with E-state index in [1.165, 1.54) is 19.1 Å². The van der Waals surface area contributed by atoms with Gasteiger partial charge in [0.25, 0.3) is 0 Å². The van der Waals surface area contributed by atoms with Gasteiger partial charge < -0.3 is 9.84 Å². The first-order chi connectivity index (χ1) is 13.7. The Bertz CT molecular complexity index is 1100. The molecule has 0 aliphatic rings. The first kappa shape index (κ1) is 20.8. The lowest BCUT2D eigenvalue weighted by Crippen LogP contribution is -2.35. The molecule has 6 heteroatoms. The van der Waals surface area contributed by atoms with Gasteiger partial charge in [0.05, 0.1) is 4.90 Å². The first-order valence-corrected chi connectivity index (χ1v) is 10.9. The van der Waals surface area contributed by atoms with E-state index in [-0.39, 0.29) is 17.1 Å². The molecule has 0 aliphatic heterocycles. The molecule has 0 saturated carbocycles. The van der Waals surface area contributed by atoms with Crippen LogP contribution in [0, 0.1) is 0 Å². The summed E-state index contributed by atoms with van der Waals surface area (Å²) in [5.41, 5.74) is 0.123. The third-order valence-corrected chi connectivity index (χ3v) is 5.76. The molecular formula is C23H22O5S. The zero-order valence-corrected chi connectivity index (χ0v) is 17.0. The molecule has 1 N–H and O–H groups in total. The lowest BCUT2D eigenvalue weighted by molar-refractivity contribution is -0.166. The Labute approximate surface area is 170 Å². The predicted octanol–water partition coefficient (Wildman–Crippen LogP) is 3.71. The maximum atomic E-state index is 12.6. The number of rotatable bonds is 6. The molecule has 0 saturated heterocycles. The third-order valence-electron chi connectivity index (χ3n) is 4.62. The van der Waals surface area contributed by atoms with Crippen LogP contribution < -0.4 is 0 Å². The molecule has 0 bridgehead atoms. The fourth-order valence-corrected chi connectivity index (χ4v) is 4.02. The Morgan fingerprint density at radius 1 is 0.931 bits per heavy atom. The van der Waals surface area contributed by atoms with Crippen molar-refractivity contribution in [3.63, 3.8) is 0 Å².